The number of hydrogen-bond acceptors (Lipinski definition) is 6. The molecule has 0 radical (unpaired) electrons. The van der Waals surface area contributed by atoms with Gasteiger partial charge in [-0.25, -0.2) is 4.79 Å². The fourth-order valence-corrected chi connectivity index (χ4v) is 2.90. The van der Waals surface area contributed by atoms with E-state index in [0.29, 0.717) is 33.3 Å². The molecule has 0 aliphatic rings. The van der Waals surface area contributed by atoms with Gasteiger partial charge in [0.15, 0.2) is 23.4 Å². The van der Waals surface area contributed by atoms with Crippen molar-refractivity contribution in [1.82, 2.24) is 0 Å². The van der Waals surface area contributed by atoms with Crippen LogP contribution in [0.2, 0.25) is 5.02 Å². The van der Waals surface area contributed by atoms with Crippen molar-refractivity contribution in [2.24, 2.45) is 0 Å². The topological polar surface area (TPSA) is 90.9 Å². The van der Waals surface area contributed by atoms with Gasteiger partial charge in [0.2, 0.25) is 0 Å². The SMILES string of the molecule is COc1cc(/C=C/C(=O)OC(C)C(=O)Nc2ccccc2C(C)=O)cc(Cl)c1OC. The summed E-state index contributed by atoms with van der Waals surface area (Å²) in [7, 11) is 2.94. The average molecular weight is 432 g/mol. The Morgan fingerprint density at radius 3 is 2.43 bits per heavy atom. The van der Waals surface area contributed by atoms with E-state index in [-0.39, 0.29) is 5.78 Å². The third kappa shape index (κ3) is 5.84. The van der Waals surface area contributed by atoms with Gasteiger partial charge in [-0.1, -0.05) is 23.7 Å². The zero-order chi connectivity index (χ0) is 22.3. The van der Waals surface area contributed by atoms with Crippen LogP contribution in [0, 0.1) is 0 Å². The molecule has 0 saturated heterocycles. The number of rotatable bonds is 8. The number of methoxy groups -OCH3 is 2. The monoisotopic (exact) mass is 431 g/mol. The number of Topliss-reactive ketones (excluding diaryl/α,β-unsaturated/α-hetero) is 1. The van der Waals surface area contributed by atoms with Gasteiger partial charge in [0.1, 0.15) is 0 Å². The highest BCUT2D eigenvalue weighted by molar-refractivity contribution is 6.32. The first kappa shape index (κ1) is 23.0. The van der Waals surface area contributed by atoms with Gasteiger partial charge in [-0.05, 0) is 49.8 Å². The molecule has 1 N–H and O–H groups in total. The molecular formula is C22H22ClNO6. The first-order valence-electron chi connectivity index (χ1n) is 8.97. The summed E-state index contributed by atoms with van der Waals surface area (Å²) >= 11 is 6.13. The van der Waals surface area contributed by atoms with E-state index in [9.17, 15) is 14.4 Å². The van der Waals surface area contributed by atoms with E-state index < -0.39 is 18.0 Å². The predicted octanol–water partition coefficient (Wildman–Crippen LogP) is 4.14. The molecule has 0 aliphatic carbocycles. The largest absolute Gasteiger partial charge is 0.493 e. The number of carbonyl (C=O) groups is 3. The predicted molar refractivity (Wildman–Crippen MR) is 114 cm³/mol. The molecule has 0 aromatic heterocycles. The molecule has 0 aliphatic heterocycles. The molecule has 1 amide bonds. The summed E-state index contributed by atoms with van der Waals surface area (Å²) in [5, 5.41) is 2.92. The lowest BCUT2D eigenvalue weighted by Gasteiger charge is -2.14. The van der Waals surface area contributed by atoms with Gasteiger partial charge < -0.3 is 19.5 Å². The number of ketones is 1. The Bertz CT molecular complexity index is 986. The minimum absolute atomic E-state index is 0.188. The molecule has 1 atom stereocenters. The molecule has 30 heavy (non-hydrogen) atoms. The number of hydrogen-bond donors (Lipinski definition) is 1. The minimum atomic E-state index is -1.07. The van der Waals surface area contributed by atoms with E-state index in [0.717, 1.165) is 0 Å². The summed E-state index contributed by atoms with van der Waals surface area (Å²) in [6.07, 6.45) is 1.58. The number of amides is 1. The summed E-state index contributed by atoms with van der Waals surface area (Å²) in [6.45, 7) is 2.84. The van der Waals surface area contributed by atoms with Crippen LogP contribution >= 0.6 is 11.6 Å². The Morgan fingerprint density at radius 1 is 1.10 bits per heavy atom. The van der Waals surface area contributed by atoms with Crippen LogP contribution < -0.4 is 14.8 Å². The summed E-state index contributed by atoms with van der Waals surface area (Å²) in [6, 6.07) is 9.83. The number of para-hydroxylation sites is 1. The second-order valence-electron chi connectivity index (χ2n) is 6.24. The second kappa shape index (κ2) is 10.5. The Morgan fingerprint density at radius 2 is 1.80 bits per heavy atom. The van der Waals surface area contributed by atoms with Crippen molar-refractivity contribution in [1.29, 1.82) is 0 Å². The molecular weight excluding hydrogens is 410 g/mol. The number of anilines is 1. The fraction of sp³-hybridized carbons (Fsp3) is 0.227. The molecule has 1 unspecified atom stereocenters. The number of esters is 1. The highest BCUT2D eigenvalue weighted by atomic mass is 35.5. The van der Waals surface area contributed by atoms with Crippen molar-refractivity contribution in [2.45, 2.75) is 20.0 Å². The van der Waals surface area contributed by atoms with E-state index in [1.54, 1.807) is 36.4 Å². The Hall–Kier alpha value is -3.32. The quantitative estimate of drug-likeness (QED) is 0.383. The number of benzene rings is 2. The lowest BCUT2D eigenvalue weighted by molar-refractivity contribution is -0.148. The van der Waals surface area contributed by atoms with Crippen molar-refractivity contribution in [3.05, 3.63) is 58.6 Å². The van der Waals surface area contributed by atoms with Gasteiger partial charge in [-0.2, -0.15) is 0 Å². The molecule has 0 spiro atoms. The maximum absolute atomic E-state index is 12.3. The number of halogens is 1. The van der Waals surface area contributed by atoms with Crippen molar-refractivity contribution >= 4 is 41.0 Å². The highest BCUT2D eigenvalue weighted by Gasteiger charge is 2.18. The van der Waals surface area contributed by atoms with Crippen LogP contribution in [-0.2, 0) is 14.3 Å². The first-order valence-corrected chi connectivity index (χ1v) is 9.35. The molecule has 158 valence electrons. The standard InChI is InChI=1S/C22H22ClNO6/c1-13(25)16-7-5-6-8-18(16)24-22(27)14(2)30-20(26)10-9-15-11-17(23)21(29-4)19(12-15)28-3/h5-12,14H,1-4H3,(H,24,27)/b10-9+. The number of ether oxygens (including phenoxy) is 3. The smallest absolute Gasteiger partial charge is 0.331 e. The normalized spacial score (nSPS) is 11.6. The molecule has 0 bridgehead atoms. The first-order chi connectivity index (χ1) is 14.3. The van der Waals surface area contributed by atoms with E-state index in [4.69, 9.17) is 25.8 Å². The minimum Gasteiger partial charge on any atom is -0.493 e. The van der Waals surface area contributed by atoms with Crippen LogP contribution in [0.5, 0.6) is 11.5 Å². The van der Waals surface area contributed by atoms with Crippen LogP contribution in [0.15, 0.2) is 42.5 Å². The van der Waals surface area contributed by atoms with Crippen LogP contribution in [0.4, 0.5) is 5.69 Å². The van der Waals surface area contributed by atoms with Gasteiger partial charge in [0.05, 0.1) is 24.9 Å². The van der Waals surface area contributed by atoms with Crippen molar-refractivity contribution in [3.8, 4) is 11.5 Å². The van der Waals surface area contributed by atoms with Crippen LogP contribution in [0.3, 0.4) is 0 Å². The fourth-order valence-electron chi connectivity index (χ4n) is 2.60. The zero-order valence-corrected chi connectivity index (χ0v) is 17.8. The summed E-state index contributed by atoms with van der Waals surface area (Å²) in [5.41, 5.74) is 1.31. The van der Waals surface area contributed by atoms with E-state index in [2.05, 4.69) is 5.32 Å². The maximum atomic E-state index is 12.3. The van der Waals surface area contributed by atoms with Crippen LogP contribution in [0.1, 0.15) is 29.8 Å². The van der Waals surface area contributed by atoms with Gasteiger partial charge in [-0.3, -0.25) is 9.59 Å². The number of carbonyl (C=O) groups excluding carboxylic acids is 3. The Balaban J connectivity index is 2.03. The molecule has 7 nitrogen and oxygen atoms in total. The second-order valence-corrected chi connectivity index (χ2v) is 6.65. The van der Waals surface area contributed by atoms with E-state index in [1.807, 2.05) is 0 Å². The van der Waals surface area contributed by atoms with Gasteiger partial charge in [0.25, 0.3) is 5.91 Å². The summed E-state index contributed by atoms with van der Waals surface area (Å²) in [4.78, 5) is 36.1. The lowest BCUT2D eigenvalue weighted by Crippen LogP contribution is -2.30. The van der Waals surface area contributed by atoms with E-state index in [1.165, 1.54) is 40.2 Å². The average Bonchev–Trinajstić information content (AvgIpc) is 2.71. The number of nitrogens with one attached hydrogen (secondary N) is 1. The molecule has 0 fully saturated rings. The van der Waals surface area contributed by atoms with Crippen LogP contribution in [-0.4, -0.2) is 38.0 Å². The Kier molecular flexibility index (Phi) is 8.00. The van der Waals surface area contributed by atoms with Crippen LogP contribution in [0.25, 0.3) is 6.08 Å². The van der Waals surface area contributed by atoms with Gasteiger partial charge in [0, 0.05) is 11.6 Å². The highest BCUT2D eigenvalue weighted by Crippen LogP contribution is 2.36. The zero-order valence-electron chi connectivity index (χ0n) is 17.0. The third-order valence-corrected chi connectivity index (χ3v) is 4.37. The molecule has 0 heterocycles. The molecule has 8 heteroatoms. The van der Waals surface area contributed by atoms with Crippen molar-refractivity contribution in [2.75, 3.05) is 19.5 Å². The van der Waals surface area contributed by atoms with E-state index >= 15 is 0 Å². The Labute approximate surface area is 179 Å². The lowest BCUT2D eigenvalue weighted by atomic mass is 10.1. The summed E-state index contributed by atoms with van der Waals surface area (Å²) < 4.78 is 15.5. The maximum Gasteiger partial charge on any atom is 0.331 e. The third-order valence-electron chi connectivity index (χ3n) is 4.09. The van der Waals surface area contributed by atoms with Gasteiger partial charge in [-0.15, -0.1) is 0 Å². The summed E-state index contributed by atoms with van der Waals surface area (Å²) in [5.74, 6) is -0.667. The van der Waals surface area contributed by atoms with Gasteiger partial charge >= 0.3 is 5.97 Å². The molecule has 2 aromatic carbocycles. The molecule has 2 aromatic rings. The van der Waals surface area contributed by atoms with Crippen molar-refractivity contribution in [3.63, 3.8) is 0 Å². The molecule has 0 saturated carbocycles. The molecule has 2 rings (SSSR count). The van der Waals surface area contributed by atoms with Crippen molar-refractivity contribution < 1.29 is 28.6 Å².